The third-order valence-electron chi connectivity index (χ3n) is 11.4. The highest BCUT2D eigenvalue weighted by atomic mass is 16.5. The van der Waals surface area contributed by atoms with Gasteiger partial charge in [-0.05, 0) is 71.7 Å². The Kier molecular flexibility index (Phi) is 11.5. The zero-order valence-electron chi connectivity index (χ0n) is 33.7. The highest BCUT2D eigenvalue weighted by Crippen LogP contribution is 2.35. The number of rotatable bonds is 11. The number of carboxylic acid groups (broad SMARTS) is 1. The first-order valence-electron chi connectivity index (χ1n) is 19.9. The van der Waals surface area contributed by atoms with Crippen LogP contribution in [0.2, 0.25) is 0 Å². The predicted molar refractivity (Wildman–Crippen MR) is 218 cm³/mol. The molecule has 0 unspecified atom stereocenters. The Labute approximate surface area is 337 Å². The summed E-state index contributed by atoms with van der Waals surface area (Å²) in [5.74, 6) is 0.731. The number of aromatic amines is 2. The highest BCUT2D eigenvalue weighted by Gasteiger charge is 2.40. The SMILES string of the molecule is COC(=O)N[C@H](C(=O)N1CCC[C@H]1c1ncc(-c2cc3ccc(-c4ccc(-c5cnc([C@@H]6CCCN6C(=O)[C@H](C(C)C)N(C)C(=O)O)[nH]5)cc4)cc3cn2)[nH]1)C(C)C. The summed E-state index contributed by atoms with van der Waals surface area (Å²) in [4.78, 5) is 76.5. The molecule has 304 valence electrons. The van der Waals surface area contributed by atoms with Crippen LogP contribution in [-0.2, 0) is 14.3 Å². The van der Waals surface area contributed by atoms with E-state index in [1.807, 2.05) is 52.1 Å². The van der Waals surface area contributed by atoms with Gasteiger partial charge in [0.15, 0.2) is 0 Å². The van der Waals surface area contributed by atoms with Gasteiger partial charge in [-0.15, -0.1) is 0 Å². The summed E-state index contributed by atoms with van der Waals surface area (Å²) in [6, 6.07) is 14.6. The van der Waals surface area contributed by atoms with E-state index in [9.17, 15) is 24.3 Å². The second-order valence-corrected chi connectivity index (χ2v) is 15.9. The van der Waals surface area contributed by atoms with E-state index in [2.05, 4.69) is 55.6 Å². The number of carbonyl (C=O) groups is 4. The van der Waals surface area contributed by atoms with E-state index in [-0.39, 0.29) is 35.7 Å². The van der Waals surface area contributed by atoms with E-state index in [0.29, 0.717) is 24.7 Å². The number of hydrogen-bond acceptors (Lipinski definition) is 8. The smallest absolute Gasteiger partial charge is 0.407 e. The molecule has 2 fully saturated rings. The minimum atomic E-state index is -1.13. The quantitative estimate of drug-likeness (QED) is 0.109. The lowest BCUT2D eigenvalue weighted by Gasteiger charge is -2.33. The van der Waals surface area contributed by atoms with Crippen LogP contribution in [-0.4, -0.2) is 108 Å². The van der Waals surface area contributed by atoms with E-state index in [1.54, 1.807) is 22.2 Å². The number of amides is 4. The Morgan fingerprint density at radius 3 is 1.95 bits per heavy atom. The van der Waals surface area contributed by atoms with Gasteiger partial charge in [-0.3, -0.25) is 19.5 Å². The largest absolute Gasteiger partial charge is 0.465 e. The zero-order chi connectivity index (χ0) is 41.2. The van der Waals surface area contributed by atoms with Gasteiger partial charge in [0.2, 0.25) is 11.8 Å². The Bertz CT molecular complexity index is 2300. The maximum Gasteiger partial charge on any atom is 0.407 e. The number of nitrogens with one attached hydrogen (secondary N) is 3. The van der Waals surface area contributed by atoms with Crippen LogP contribution in [0.15, 0.2) is 67.1 Å². The first kappa shape index (κ1) is 40.0. The van der Waals surface area contributed by atoms with Crippen molar-refractivity contribution < 1.29 is 29.0 Å². The van der Waals surface area contributed by atoms with Crippen LogP contribution in [0.4, 0.5) is 9.59 Å². The number of aromatic nitrogens is 5. The van der Waals surface area contributed by atoms with Crippen LogP contribution in [0.3, 0.4) is 0 Å². The summed E-state index contributed by atoms with van der Waals surface area (Å²) in [5.41, 5.74) is 5.37. The highest BCUT2D eigenvalue weighted by molar-refractivity contribution is 5.90. The predicted octanol–water partition coefficient (Wildman–Crippen LogP) is 7.02. The average Bonchev–Trinajstić information content (AvgIpc) is 4.06. The van der Waals surface area contributed by atoms with Crippen LogP contribution in [0.5, 0.6) is 0 Å². The van der Waals surface area contributed by atoms with Gasteiger partial charge in [0, 0.05) is 31.7 Å². The molecule has 0 saturated carbocycles. The molecule has 4 N–H and O–H groups in total. The van der Waals surface area contributed by atoms with Crippen molar-refractivity contribution in [3.63, 3.8) is 0 Å². The maximum atomic E-state index is 13.6. The fourth-order valence-electron chi connectivity index (χ4n) is 8.29. The number of likely N-dealkylation sites (tertiary alicyclic amines) is 2. The zero-order valence-corrected chi connectivity index (χ0v) is 33.7. The average molecular weight is 790 g/mol. The molecule has 0 radical (unpaired) electrons. The normalized spacial score (nSPS) is 17.9. The van der Waals surface area contributed by atoms with Crippen LogP contribution in [0, 0.1) is 11.8 Å². The lowest BCUT2D eigenvalue weighted by Crippen LogP contribution is -2.51. The van der Waals surface area contributed by atoms with Gasteiger partial charge in [-0.2, -0.15) is 0 Å². The van der Waals surface area contributed by atoms with Gasteiger partial charge in [0.1, 0.15) is 23.7 Å². The molecule has 3 aromatic heterocycles. The van der Waals surface area contributed by atoms with Crippen molar-refractivity contribution in [2.75, 3.05) is 27.2 Å². The van der Waals surface area contributed by atoms with E-state index >= 15 is 0 Å². The summed E-state index contributed by atoms with van der Waals surface area (Å²) in [6.45, 7) is 8.64. The summed E-state index contributed by atoms with van der Waals surface area (Å²) >= 11 is 0. The molecule has 5 heterocycles. The van der Waals surface area contributed by atoms with Crippen LogP contribution < -0.4 is 5.32 Å². The monoisotopic (exact) mass is 789 g/mol. The van der Waals surface area contributed by atoms with Gasteiger partial charge in [0.05, 0.1) is 48.7 Å². The number of likely N-dealkylation sites (N-methyl/N-ethyl adjacent to an activating group) is 1. The van der Waals surface area contributed by atoms with Crippen molar-refractivity contribution in [3.8, 4) is 33.8 Å². The molecule has 2 aromatic carbocycles. The number of nitrogens with zero attached hydrogens (tertiary/aromatic N) is 6. The number of fused-ring (bicyclic) bond motifs is 1. The molecular weight excluding hydrogens is 739 g/mol. The van der Waals surface area contributed by atoms with Crippen molar-refractivity contribution in [2.45, 2.75) is 77.5 Å². The van der Waals surface area contributed by atoms with Gasteiger partial charge in [-0.1, -0.05) is 64.1 Å². The molecule has 4 atom stereocenters. The summed E-state index contributed by atoms with van der Waals surface area (Å²) in [6.07, 6.45) is 6.79. The van der Waals surface area contributed by atoms with Gasteiger partial charge >= 0.3 is 12.2 Å². The van der Waals surface area contributed by atoms with Crippen LogP contribution in [0.25, 0.3) is 44.5 Å². The Morgan fingerprint density at radius 1 is 0.759 bits per heavy atom. The molecule has 0 bridgehead atoms. The maximum absolute atomic E-state index is 13.6. The van der Waals surface area contributed by atoms with E-state index in [1.165, 1.54) is 14.2 Å². The number of ether oxygens (including phenoxy) is 1. The van der Waals surface area contributed by atoms with Crippen molar-refractivity contribution in [1.29, 1.82) is 0 Å². The Balaban J connectivity index is 1.03. The van der Waals surface area contributed by atoms with Gasteiger partial charge in [-0.25, -0.2) is 19.6 Å². The molecule has 2 aliphatic rings. The minimum absolute atomic E-state index is 0.118. The molecule has 15 nitrogen and oxygen atoms in total. The first-order chi connectivity index (χ1) is 27.8. The number of pyridine rings is 1. The number of benzene rings is 2. The van der Waals surface area contributed by atoms with Crippen molar-refractivity contribution >= 4 is 34.8 Å². The minimum Gasteiger partial charge on any atom is -0.465 e. The third-order valence-corrected chi connectivity index (χ3v) is 11.4. The van der Waals surface area contributed by atoms with Gasteiger partial charge in [0.25, 0.3) is 0 Å². The molecule has 4 amide bonds. The lowest BCUT2D eigenvalue weighted by molar-refractivity contribution is -0.138. The van der Waals surface area contributed by atoms with Gasteiger partial charge < -0.3 is 34.9 Å². The number of imidazole rings is 2. The molecule has 2 aliphatic heterocycles. The number of alkyl carbamates (subject to hydrolysis) is 1. The van der Waals surface area contributed by atoms with Crippen LogP contribution >= 0.6 is 0 Å². The topological polar surface area (TPSA) is 190 Å². The van der Waals surface area contributed by atoms with E-state index in [0.717, 1.165) is 75.1 Å². The van der Waals surface area contributed by atoms with E-state index in [4.69, 9.17) is 9.72 Å². The number of hydrogen-bond donors (Lipinski definition) is 4. The van der Waals surface area contributed by atoms with Crippen molar-refractivity contribution in [3.05, 3.63) is 78.8 Å². The Hall–Kier alpha value is -6.25. The molecule has 58 heavy (non-hydrogen) atoms. The number of methoxy groups -OCH3 is 1. The molecule has 2 saturated heterocycles. The van der Waals surface area contributed by atoms with Crippen molar-refractivity contribution in [1.82, 2.24) is 44.9 Å². The molecule has 0 spiro atoms. The second kappa shape index (κ2) is 16.7. The second-order valence-electron chi connectivity index (χ2n) is 15.9. The summed E-state index contributed by atoms with van der Waals surface area (Å²) in [5, 5.41) is 14.3. The molecule has 5 aromatic rings. The number of carbonyl (C=O) groups excluding carboxylic acids is 3. The van der Waals surface area contributed by atoms with E-state index < -0.39 is 24.3 Å². The Morgan fingerprint density at radius 2 is 1.34 bits per heavy atom. The molecule has 0 aliphatic carbocycles. The molecule has 7 rings (SSSR count). The van der Waals surface area contributed by atoms with Crippen LogP contribution in [0.1, 0.15) is 77.1 Å². The summed E-state index contributed by atoms with van der Waals surface area (Å²) < 4.78 is 4.76. The fraction of sp³-hybridized carbons (Fsp3) is 0.419. The van der Waals surface area contributed by atoms with Crippen molar-refractivity contribution in [2.24, 2.45) is 11.8 Å². The fourth-order valence-corrected chi connectivity index (χ4v) is 8.29. The lowest BCUT2D eigenvalue weighted by atomic mass is 10.00. The molecular formula is C43H51N9O6. The molecule has 15 heteroatoms. The standard InChI is InChI=1S/C43H51N9O6/c1-24(2)36(49-42(55)58-6)40(53)51-17-7-9-34(51)39-46-23-33(48-39)31-20-29-16-15-28(19-30(29)21-44-31)26-11-13-27(14-12-26)32-22-45-38(47-32)35-10-8-18-52(35)41(54)37(25(3)4)50(5)43(56)57/h11-16,19-25,34-37H,7-10,17-18H2,1-6H3,(H,45,47)(H,46,48)(H,49,55)(H,56,57)/t34-,35-,36-,37-/m0/s1. The first-order valence-corrected chi connectivity index (χ1v) is 19.9. The number of H-pyrrole nitrogens is 2. The third kappa shape index (κ3) is 7.98. The summed E-state index contributed by atoms with van der Waals surface area (Å²) in [7, 11) is 2.73.